The van der Waals surface area contributed by atoms with Crippen LogP contribution >= 0.6 is 11.8 Å². The Hall–Kier alpha value is -2.01. The number of rotatable bonds is 5. The minimum absolute atomic E-state index is 0.270. The van der Waals surface area contributed by atoms with E-state index in [1.807, 2.05) is 30.5 Å². The number of carbonyl (C=O) groups is 2. The van der Waals surface area contributed by atoms with Crippen LogP contribution < -0.4 is 5.32 Å². The third kappa shape index (κ3) is 3.06. The Morgan fingerprint density at radius 2 is 1.96 bits per heavy atom. The molecule has 120 valence electrons. The van der Waals surface area contributed by atoms with E-state index in [2.05, 4.69) is 24.1 Å². The van der Waals surface area contributed by atoms with Crippen molar-refractivity contribution in [2.45, 2.75) is 33.1 Å². The molecule has 1 saturated heterocycles. The van der Waals surface area contributed by atoms with Gasteiger partial charge in [0.25, 0.3) is 11.1 Å². The van der Waals surface area contributed by atoms with E-state index in [1.54, 1.807) is 0 Å². The first kappa shape index (κ1) is 15.9. The summed E-state index contributed by atoms with van der Waals surface area (Å²) in [6.07, 6.45) is 4.81. The summed E-state index contributed by atoms with van der Waals surface area (Å²) in [5, 5.41) is 3.20. The first-order valence-electron chi connectivity index (χ1n) is 7.96. The van der Waals surface area contributed by atoms with E-state index in [0.717, 1.165) is 53.1 Å². The van der Waals surface area contributed by atoms with Crippen molar-refractivity contribution < 1.29 is 9.59 Å². The third-order valence-corrected chi connectivity index (χ3v) is 5.38. The summed E-state index contributed by atoms with van der Waals surface area (Å²) in [4.78, 5) is 27.6. The molecule has 23 heavy (non-hydrogen) atoms. The number of H-pyrrole nitrogens is 1. The molecule has 0 spiro atoms. The predicted octanol–water partition coefficient (Wildman–Crippen LogP) is 4.69. The van der Waals surface area contributed by atoms with Gasteiger partial charge in [-0.2, -0.15) is 0 Å². The molecule has 0 radical (unpaired) electrons. The Bertz CT molecular complexity index is 787. The molecular formula is C18H20N2O2S. The summed E-state index contributed by atoms with van der Waals surface area (Å²) < 4.78 is 0. The van der Waals surface area contributed by atoms with Gasteiger partial charge in [-0.3, -0.25) is 14.9 Å². The normalized spacial score (nSPS) is 17.2. The second-order valence-corrected chi connectivity index (χ2v) is 6.77. The van der Waals surface area contributed by atoms with Crippen molar-refractivity contribution in [1.82, 2.24) is 10.3 Å². The number of carbonyl (C=O) groups excluding carboxylic acids is 2. The Morgan fingerprint density at radius 1 is 1.17 bits per heavy atom. The molecule has 1 aromatic carbocycles. The number of aromatic nitrogens is 1. The van der Waals surface area contributed by atoms with Crippen LogP contribution in [0.4, 0.5) is 4.79 Å². The van der Waals surface area contributed by atoms with E-state index in [-0.39, 0.29) is 11.1 Å². The first-order chi connectivity index (χ1) is 11.1. The molecule has 2 aromatic rings. The molecule has 1 aliphatic rings. The number of imide groups is 1. The van der Waals surface area contributed by atoms with Gasteiger partial charge in [-0.1, -0.05) is 38.8 Å². The second kappa shape index (κ2) is 6.62. The molecule has 0 atom stereocenters. The number of benzene rings is 1. The van der Waals surface area contributed by atoms with Crippen LogP contribution in [-0.2, 0) is 4.79 Å². The van der Waals surface area contributed by atoms with Gasteiger partial charge in [-0.15, -0.1) is 0 Å². The number of hydrogen-bond acceptors (Lipinski definition) is 3. The van der Waals surface area contributed by atoms with Crippen LogP contribution in [0.5, 0.6) is 0 Å². The van der Waals surface area contributed by atoms with Gasteiger partial charge in [0, 0.05) is 17.1 Å². The lowest BCUT2D eigenvalue weighted by Gasteiger charge is -2.17. The molecule has 0 unspecified atom stereocenters. The lowest BCUT2D eigenvalue weighted by atomic mass is 9.89. The highest BCUT2D eigenvalue weighted by Crippen LogP contribution is 2.39. The van der Waals surface area contributed by atoms with Crippen LogP contribution in [0, 0.1) is 5.92 Å². The quantitative estimate of drug-likeness (QED) is 0.783. The molecule has 1 aliphatic heterocycles. The van der Waals surface area contributed by atoms with Crippen molar-refractivity contribution in [2.75, 3.05) is 0 Å². The summed E-state index contributed by atoms with van der Waals surface area (Å²) in [5.41, 5.74) is 3.07. The summed E-state index contributed by atoms with van der Waals surface area (Å²) in [6.45, 7) is 4.33. The largest absolute Gasteiger partial charge is 0.361 e. The fourth-order valence-corrected chi connectivity index (χ4v) is 3.84. The number of hydrogen-bond donors (Lipinski definition) is 2. The van der Waals surface area contributed by atoms with E-state index >= 15 is 0 Å². The summed E-state index contributed by atoms with van der Waals surface area (Å²) in [5.74, 6) is 0.226. The number of thioether (sulfide) groups is 1. The molecule has 4 nitrogen and oxygen atoms in total. The maximum atomic E-state index is 12.2. The Balaban J connectivity index is 2.16. The van der Waals surface area contributed by atoms with Gasteiger partial charge in [0.2, 0.25) is 0 Å². The van der Waals surface area contributed by atoms with Gasteiger partial charge in [-0.05, 0) is 47.4 Å². The molecule has 1 fully saturated rings. The van der Waals surface area contributed by atoms with Crippen molar-refractivity contribution in [3.63, 3.8) is 0 Å². The number of amides is 2. The fourth-order valence-electron chi connectivity index (χ4n) is 3.05. The van der Waals surface area contributed by atoms with Crippen molar-refractivity contribution in [2.24, 2.45) is 5.92 Å². The zero-order chi connectivity index (χ0) is 16.4. The number of nitrogens with one attached hydrogen (secondary N) is 2. The van der Waals surface area contributed by atoms with E-state index in [1.165, 1.54) is 0 Å². The smallest absolute Gasteiger partial charge is 0.290 e. The van der Waals surface area contributed by atoms with Crippen LogP contribution in [0.15, 0.2) is 35.4 Å². The Morgan fingerprint density at radius 3 is 2.61 bits per heavy atom. The molecule has 1 aromatic heterocycles. The fraction of sp³-hybridized carbons (Fsp3) is 0.333. The monoisotopic (exact) mass is 328 g/mol. The van der Waals surface area contributed by atoms with Crippen LogP contribution in [-0.4, -0.2) is 16.1 Å². The maximum Gasteiger partial charge on any atom is 0.290 e. The van der Waals surface area contributed by atoms with Gasteiger partial charge in [0.15, 0.2) is 0 Å². The molecule has 0 saturated carbocycles. The average Bonchev–Trinajstić information content (AvgIpc) is 3.15. The summed E-state index contributed by atoms with van der Waals surface area (Å²) in [7, 11) is 0. The Labute approximate surface area is 139 Å². The zero-order valence-electron chi connectivity index (χ0n) is 13.3. The number of allylic oxidation sites excluding steroid dienone is 1. The number of aromatic amines is 1. The molecular weight excluding hydrogens is 308 g/mol. The maximum absolute atomic E-state index is 12.2. The van der Waals surface area contributed by atoms with Crippen molar-refractivity contribution >= 4 is 39.4 Å². The van der Waals surface area contributed by atoms with E-state index < -0.39 is 0 Å². The first-order valence-corrected chi connectivity index (χ1v) is 8.78. The standard InChI is InChI=1S/C18H20N2O2S/c1-3-11(4-2)10-14(16-17(21)20-18(22)23-16)12-6-5-7-15-13(12)8-9-19-15/h5-9,11,19H,3-4,10H2,1-2H3,(H,20,21,22). The zero-order valence-corrected chi connectivity index (χ0v) is 14.1. The van der Waals surface area contributed by atoms with Gasteiger partial charge in [0.1, 0.15) is 0 Å². The van der Waals surface area contributed by atoms with Gasteiger partial charge < -0.3 is 4.98 Å². The Kier molecular flexibility index (Phi) is 4.57. The lowest BCUT2D eigenvalue weighted by Crippen LogP contribution is -2.18. The van der Waals surface area contributed by atoms with Crippen LogP contribution in [0.3, 0.4) is 0 Å². The minimum Gasteiger partial charge on any atom is -0.361 e. The minimum atomic E-state index is -0.284. The van der Waals surface area contributed by atoms with Crippen LogP contribution in [0.25, 0.3) is 16.5 Å². The molecule has 0 aliphatic carbocycles. The molecule has 2 amide bonds. The molecule has 2 heterocycles. The van der Waals surface area contributed by atoms with Gasteiger partial charge in [-0.25, -0.2) is 0 Å². The summed E-state index contributed by atoms with van der Waals surface area (Å²) in [6, 6.07) is 8.07. The number of fused-ring (bicyclic) bond motifs is 1. The highest BCUT2D eigenvalue weighted by Gasteiger charge is 2.30. The van der Waals surface area contributed by atoms with E-state index in [0.29, 0.717) is 10.8 Å². The van der Waals surface area contributed by atoms with Crippen molar-refractivity contribution in [3.05, 3.63) is 40.9 Å². The van der Waals surface area contributed by atoms with Crippen molar-refractivity contribution in [1.29, 1.82) is 0 Å². The lowest BCUT2D eigenvalue weighted by molar-refractivity contribution is -0.115. The van der Waals surface area contributed by atoms with E-state index in [4.69, 9.17) is 0 Å². The van der Waals surface area contributed by atoms with Crippen LogP contribution in [0.1, 0.15) is 38.7 Å². The highest BCUT2D eigenvalue weighted by atomic mass is 32.2. The van der Waals surface area contributed by atoms with E-state index in [9.17, 15) is 9.59 Å². The average molecular weight is 328 g/mol. The molecule has 2 N–H and O–H groups in total. The van der Waals surface area contributed by atoms with Gasteiger partial charge >= 0.3 is 0 Å². The highest BCUT2D eigenvalue weighted by molar-refractivity contribution is 8.18. The van der Waals surface area contributed by atoms with Gasteiger partial charge in [0.05, 0.1) is 4.91 Å². The topological polar surface area (TPSA) is 62.0 Å². The molecule has 5 heteroatoms. The predicted molar refractivity (Wildman–Crippen MR) is 95.0 cm³/mol. The molecule has 0 bridgehead atoms. The summed E-state index contributed by atoms with van der Waals surface area (Å²) >= 11 is 1.02. The van der Waals surface area contributed by atoms with Crippen molar-refractivity contribution in [3.8, 4) is 0 Å². The third-order valence-electron chi connectivity index (χ3n) is 4.46. The molecule has 3 rings (SSSR count). The second-order valence-electron chi connectivity index (χ2n) is 5.78. The SMILES string of the molecule is CCC(CC)CC(=C1SC(=O)NC1=O)c1cccc2[nH]ccc12. The van der Waals surface area contributed by atoms with Crippen LogP contribution in [0.2, 0.25) is 0 Å².